The second-order valence-corrected chi connectivity index (χ2v) is 5.69. The van der Waals surface area contributed by atoms with E-state index in [4.69, 9.17) is 10.5 Å². The lowest BCUT2D eigenvalue weighted by Gasteiger charge is -2.26. The van der Waals surface area contributed by atoms with Gasteiger partial charge in [0.15, 0.2) is 0 Å². The minimum atomic E-state index is -0.122. The van der Waals surface area contributed by atoms with Crippen LogP contribution in [0.2, 0.25) is 0 Å². The zero-order valence-electron chi connectivity index (χ0n) is 12.7. The number of hydrogen-bond donors (Lipinski definition) is 2. The zero-order chi connectivity index (χ0) is 15.3. The second kappa shape index (κ2) is 6.64. The average molecular weight is 285 g/mol. The summed E-state index contributed by atoms with van der Waals surface area (Å²) in [4.78, 5) is 0. The van der Waals surface area contributed by atoms with E-state index in [1.807, 2.05) is 24.3 Å². The van der Waals surface area contributed by atoms with E-state index in [1.165, 1.54) is 5.56 Å². The predicted octanol–water partition coefficient (Wildman–Crippen LogP) is 3.45. The summed E-state index contributed by atoms with van der Waals surface area (Å²) in [6.45, 7) is 5.64. The fraction of sp³-hybridized carbons (Fsp3) is 0.333. The molecule has 0 aliphatic rings. The van der Waals surface area contributed by atoms with E-state index in [1.54, 1.807) is 12.1 Å². The van der Waals surface area contributed by atoms with Gasteiger partial charge in [-0.05, 0) is 48.4 Å². The Balaban J connectivity index is 2.14. The highest BCUT2D eigenvalue weighted by Gasteiger charge is 2.22. The molecule has 0 aromatic heterocycles. The minimum Gasteiger partial charge on any atom is -0.508 e. The number of benzene rings is 2. The molecule has 2 rings (SSSR count). The summed E-state index contributed by atoms with van der Waals surface area (Å²) in [5.74, 6) is 1.16. The SMILES string of the molecule is CC(C)(c1ccc(O)cc1)c1ccc(OCCCN)cc1. The molecule has 2 aromatic carbocycles. The maximum absolute atomic E-state index is 9.41. The number of ether oxygens (including phenoxy) is 1. The van der Waals surface area contributed by atoms with Crippen molar-refractivity contribution in [2.75, 3.05) is 13.2 Å². The molecule has 3 nitrogen and oxygen atoms in total. The summed E-state index contributed by atoms with van der Waals surface area (Å²) in [5, 5.41) is 9.41. The maximum Gasteiger partial charge on any atom is 0.119 e. The summed E-state index contributed by atoms with van der Waals surface area (Å²) in [7, 11) is 0. The Kier molecular flexibility index (Phi) is 4.86. The molecule has 112 valence electrons. The van der Waals surface area contributed by atoms with Gasteiger partial charge in [0.25, 0.3) is 0 Å². The molecule has 0 heterocycles. The van der Waals surface area contributed by atoms with Gasteiger partial charge < -0.3 is 15.6 Å². The van der Waals surface area contributed by atoms with Crippen LogP contribution in [0, 0.1) is 0 Å². The molecule has 0 spiro atoms. The standard InChI is InChI=1S/C18H23NO2/c1-18(2,14-4-8-16(20)9-5-14)15-6-10-17(11-7-15)21-13-3-12-19/h4-11,20H,3,12-13,19H2,1-2H3. The number of phenolic OH excluding ortho intramolecular Hbond substituents is 1. The van der Waals surface area contributed by atoms with E-state index in [2.05, 4.69) is 26.0 Å². The molecule has 0 unspecified atom stereocenters. The summed E-state index contributed by atoms with van der Waals surface area (Å²) < 4.78 is 5.62. The first-order valence-electron chi connectivity index (χ1n) is 7.27. The molecular formula is C18H23NO2. The van der Waals surface area contributed by atoms with E-state index in [9.17, 15) is 5.11 Å². The Bertz CT molecular complexity index is 559. The smallest absolute Gasteiger partial charge is 0.119 e. The van der Waals surface area contributed by atoms with Crippen LogP contribution in [-0.4, -0.2) is 18.3 Å². The molecule has 21 heavy (non-hydrogen) atoms. The molecule has 0 saturated carbocycles. The predicted molar refractivity (Wildman–Crippen MR) is 85.8 cm³/mol. The molecule has 3 N–H and O–H groups in total. The molecule has 3 heteroatoms. The molecule has 0 fully saturated rings. The molecular weight excluding hydrogens is 262 g/mol. The number of phenols is 1. The van der Waals surface area contributed by atoms with Crippen molar-refractivity contribution in [2.24, 2.45) is 5.73 Å². The first-order valence-corrected chi connectivity index (χ1v) is 7.27. The topological polar surface area (TPSA) is 55.5 Å². The number of rotatable bonds is 6. The maximum atomic E-state index is 9.41. The van der Waals surface area contributed by atoms with Crippen LogP contribution < -0.4 is 10.5 Å². The summed E-state index contributed by atoms with van der Waals surface area (Å²) in [6, 6.07) is 15.5. The van der Waals surface area contributed by atoms with Gasteiger partial charge in [-0.3, -0.25) is 0 Å². The monoisotopic (exact) mass is 285 g/mol. The Labute approximate surface area is 126 Å². The first-order chi connectivity index (χ1) is 10.0. The molecule has 0 aliphatic carbocycles. The molecule has 0 aliphatic heterocycles. The van der Waals surface area contributed by atoms with Crippen molar-refractivity contribution in [1.29, 1.82) is 0 Å². The zero-order valence-corrected chi connectivity index (χ0v) is 12.7. The van der Waals surface area contributed by atoms with Crippen molar-refractivity contribution < 1.29 is 9.84 Å². The quantitative estimate of drug-likeness (QED) is 0.799. The highest BCUT2D eigenvalue weighted by molar-refractivity contribution is 5.41. The van der Waals surface area contributed by atoms with Gasteiger partial charge in [0.1, 0.15) is 11.5 Å². The second-order valence-electron chi connectivity index (χ2n) is 5.69. The summed E-state index contributed by atoms with van der Waals surface area (Å²) in [5.41, 5.74) is 7.70. The molecule has 0 radical (unpaired) electrons. The Hall–Kier alpha value is -2.00. The largest absolute Gasteiger partial charge is 0.508 e. The van der Waals surface area contributed by atoms with Crippen molar-refractivity contribution in [2.45, 2.75) is 25.7 Å². The van der Waals surface area contributed by atoms with Gasteiger partial charge in [-0.2, -0.15) is 0 Å². The average Bonchev–Trinajstić information content (AvgIpc) is 2.48. The highest BCUT2D eigenvalue weighted by atomic mass is 16.5. The van der Waals surface area contributed by atoms with Crippen molar-refractivity contribution in [1.82, 2.24) is 0 Å². The van der Waals surface area contributed by atoms with Gasteiger partial charge >= 0.3 is 0 Å². The number of aromatic hydroxyl groups is 1. The Morgan fingerprint density at radius 2 is 1.48 bits per heavy atom. The van der Waals surface area contributed by atoms with E-state index in [-0.39, 0.29) is 5.41 Å². The van der Waals surface area contributed by atoms with Crippen LogP contribution in [0.15, 0.2) is 48.5 Å². The van der Waals surface area contributed by atoms with Crippen LogP contribution in [-0.2, 0) is 5.41 Å². The normalized spacial score (nSPS) is 11.4. The summed E-state index contributed by atoms with van der Waals surface area (Å²) in [6.07, 6.45) is 0.862. The van der Waals surface area contributed by atoms with E-state index in [0.29, 0.717) is 18.9 Å². The number of hydrogen-bond acceptors (Lipinski definition) is 3. The molecule has 0 amide bonds. The third kappa shape index (κ3) is 3.76. The van der Waals surface area contributed by atoms with Crippen molar-refractivity contribution >= 4 is 0 Å². The fourth-order valence-corrected chi connectivity index (χ4v) is 2.29. The highest BCUT2D eigenvalue weighted by Crippen LogP contribution is 2.33. The lowest BCUT2D eigenvalue weighted by Crippen LogP contribution is -2.18. The van der Waals surface area contributed by atoms with Gasteiger partial charge in [-0.1, -0.05) is 38.1 Å². The first kappa shape index (κ1) is 15.4. The van der Waals surface area contributed by atoms with E-state index in [0.717, 1.165) is 17.7 Å². The number of nitrogens with two attached hydrogens (primary N) is 1. The van der Waals surface area contributed by atoms with Crippen LogP contribution in [0.4, 0.5) is 0 Å². The van der Waals surface area contributed by atoms with Crippen molar-refractivity contribution in [3.05, 3.63) is 59.7 Å². The molecule has 0 bridgehead atoms. The fourth-order valence-electron chi connectivity index (χ4n) is 2.29. The Morgan fingerprint density at radius 1 is 0.952 bits per heavy atom. The molecule has 0 atom stereocenters. The third-order valence-corrected chi connectivity index (χ3v) is 3.78. The van der Waals surface area contributed by atoms with Crippen LogP contribution in [0.3, 0.4) is 0 Å². The van der Waals surface area contributed by atoms with Gasteiger partial charge in [0.05, 0.1) is 6.61 Å². The van der Waals surface area contributed by atoms with Crippen LogP contribution >= 0.6 is 0 Å². The lowest BCUT2D eigenvalue weighted by atomic mass is 9.78. The molecule has 2 aromatic rings. The molecule has 0 saturated heterocycles. The van der Waals surface area contributed by atoms with Crippen LogP contribution in [0.25, 0.3) is 0 Å². The van der Waals surface area contributed by atoms with E-state index < -0.39 is 0 Å². The van der Waals surface area contributed by atoms with Gasteiger partial charge in [-0.25, -0.2) is 0 Å². The van der Waals surface area contributed by atoms with Crippen molar-refractivity contribution in [3.63, 3.8) is 0 Å². The third-order valence-electron chi connectivity index (χ3n) is 3.78. The van der Waals surface area contributed by atoms with Gasteiger partial charge in [0, 0.05) is 5.41 Å². The van der Waals surface area contributed by atoms with Crippen LogP contribution in [0.5, 0.6) is 11.5 Å². The van der Waals surface area contributed by atoms with Gasteiger partial charge in [0.2, 0.25) is 0 Å². The lowest BCUT2D eigenvalue weighted by molar-refractivity contribution is 0.313. The summed E-state index contributed by atoms with van der Waals surface area (Å²) >= 11 is 0. The van der Waals surface area contributed by atoms with Gasteiger partial charge in [-0.15, -0.1) is 0 Å². The van der Waals surface area contributed by atoms with Crippen LogP contribution in [0.1, 0.15) is 31.4 Å². The van der Waals surface area contributed by atoms with Crippen molar-refractivity contribution in [3.8, 4) is 11.5 Å². The minimum absolute atomic E-state index is 0.122. The van der Waals surface area contributed by atoms with E-state index >= 15 is 0 Å². The Morgan fingerprint density at radius 3 is 2.00 bits per heavy atom.